The average Bonchev–Trinajstić information content (AvgIpc) is 2.42. The molecule has 0 aliphatic carbocycles. The quantitative estimate of drug-likeness (QED) is 0.911. The lowest BCUT2D eigenvalue weighted by atomic mass is 10.1. The predicted molar refractivity (Wildman–Crippen MR) is 73.6 cm³/mol. The number of benzene rings is 2. The number of nitrogens with one attached hydrogen (secondary N) is 1. The Morgan fingerprint density at radius 2 is 1.90 bits per heavy atom. The number of hydrogen-bond donors (Lipinski definition) is 1. The van der Waals surface area contributed by atoms with Gasteiger partial charge < -0.3 is 5.32 Å². The summed E-state index contributed by atoms with van der Waals surface area (Å²) in [5.74, 6) is -2.73. The Balaban J connectivity index is 1.94. The van der Waals surface area contributed by atoms with Crippen LogP contribution in [-0.2, 0) is 6.42 Å². The second kappa shape index (κ2) is 6.28. The molecule has 20 heavy (non-hydrogen) atoms. The molecule has 0 fully saturated rings. The zero-order valence-electron chi connectivity index (χ0n) is 11.1. The van der Waals surface area contributed by atoms with Crippen LogP contribution in [0.2, 0.25) is 0 Å². The maximum absolute atomic E-state index is 13.4. The van der Waals surface area contributed by atoms with Gasteiger partial charge in [0.05, 0.1) is 5.56 Å². The van der Waals surface area contributed by atoms with Gasteiger partial charge in [0, 0.05) is 6.54 Å². The highest BCUT2D eigenvalue weighted by molar-refractivity contribution is 5.94. The molecule has 0 radical (unpaired) electrons. The van der Waals surface area contributed by atoms with Crippen LogP contribution in [0.5, 0.6) is 0 Å². The lowest BCUT2D eigenvalue weighted by molar-refractivity contribution is 0.0949. The van der Waals surface area contributed by atoms with Crippen LogP contribution in [0.1, 0.15) is 21.5 Å². The standard InChI is InChI=1S/C16H15F2NO/c1-11-4-2-5-12(10-11)8-9-19-16(20)13-6-3-7-14(17)15(13)18/h2-7,10H,8-9H2,1H3,(H,19,20). The summed E-state index contributed by atoms with van der Waals surface area (Å²) in [5, 5.41) is 2.59. The van der Waals surface area contributed by atoms with Gasteiger partial charge in [0.1, 0.15) is 0 Å². The van der Waals surface area contributed by atoms with Crippen LogP contribution in [0.15, 0.2) is 42.5 Å². The summed E-state index contributed by atoms with van der Waals surface area (Å²) in [6, 6.07) is 11.5. The van der Waals surface area contributed by atoms with E-state index in [2.05, 4.69) is 5.32 Å². The second-order valence-corrected chi connectivity index (χ2v) is 4.60. The van der Waals surface area contributed by atoms with Gasteiger partial charge >= 0.3 is 0 Å². The van der Waals surface area contributed by atoms with Crippen LogP contribution in [0.3, 0.4) is 0 Å². The van der Waals surface area contributed by atoms with Crippen molar-refractivity contribution in [1.29, 1.82) is 0 Å². The van der Waals surface area contributed by atoms with Crippen LogP contribution in [-0.4, -0.2) is 12.5 Å². The largest absolute Gasteiger partial charge is 0.352 e. The maximum atomic E-state index is 13.4. The Morgan fingerprint density at radius 1 is 1.15 bits per heavy atom. The molecule has 0 aliphatic heterocycles. The third kappa shape index (κ3) is 3.41. The van der Waals surface area contributed by atoms with Crippen molar-refractivity contribution in [3.8, 4) is 0 Å². The first kappa shape index (κ1) is 14.2. The van der Waals surface area contributed by atoms with Crippen molar-refractivity contribution in [3.63, 3.8) is 0 Å². The molecule has 0 aliphatic rings. The number of rotatable bonds is 4. The van der Waals surface area contributed by atoms with Crippen molar-refractivity contribution < 1.29 is 13.6 Å². The van der Waals surface area contributed by atoms with Crippen molar-refractivity contribution in [2.75, 3.05) is 6.54 Å². The summed E-state index contributed by atoms with van der Waals surface area (Å²) in [6.45, 7) is 2.36. The molecule has 0 bridgehead atoms. The number of aryl methyl sites for hydroxylation is 1. The zero-order valence-corrected chi connectivity index (χ0v) is 11.1. The van der Waals surface area contributed by atoms with Crippen molar-refractivity contribution in [2.24, 2.45) is 0 Å². The van der Waals surface area contributed by atoms with Gasteiger partial charge in [0.15, 0.2) is 11.6 Å². The molecular weight excluding hydrogens is 260 g/mol. The third-order valence-electron chi connectivity index (χ3n) is 2.98. The van der Waals surface area contributed by atoms with E-state index in [-0.39, 0.29) is 5.56 Å². The SMILES string of the molecule is Cc1cccc(CCNC(=O)c2cccc(F)c2F)c1. The molecule has 1 amide bonds. The summed E-state index contributed by atoms with van der Waals surface area (Å²) < 4.78 is 26.4. The first-order valence-corrected chi connectivity index (χ1v) is 6.35. The lowest BCUT2D eigenvalue weighted by Gasteiger charge is -2.07. The minimum atomic E-state index is -1.11. The highest BCUT2D eigenvalue weighted by Gasteiger charge is 2.14. The summed E-state index contributed by atoms with van der Waals surface area (Å²) in [4.78, 5) is 11.8. The molecule has 2 aromatic rings. The van der Waals surface area contributed by atoms with E-state index >= 15 is 0 Å². The highest BCUT2D eigenvalue weighted by Crippen LogP contribution is 2.11. The maximum Gasteiger partial charge on any atom is 0.254 e. The summed E-state index contributed by atoms with van der Waals surface area (Å²) in [5.41, 5.74) is 1.96. The van der Waals surface area contributed by atoms with Crippen LogP contribution >= 0.6 is 0 Å². The van der Waals surface area contributed by atoms with Gasteiger partial charge in [-0.1, -0.05) is 35.9 Å². The molecule has 0 unspecified atom stereocenters. The third-order valence-corrected chi connectivity index (χ3v) is 2.98. The fourth-order valence-corrected chi connectivity index (χ4v) is 1.96. The van der Waals surface area contributed by atoms with E-state index in [1.165, 1.54) is 12.1 Å². The topological polar surface area (TPSA) is 29.1 Å². The van der Waals surface area contributed by atoms with Gasteiger partial charge in [-0.15, -0.1) is 0 Å². The predicted octanol–water partition coefficient (Wildman–Crippen LogP) is 3.25. The zero-order chi connectivity index (χ0) is 14.5. The number of amides is 1. The molecule has 1 N–H and O–H groups in total. The second-order valence-electron chi connectivity index (χ2n) is 4.60. The Labute approximate surface area is 116 Å². The first-order valence-electron chi connectivity index (χ1n) is 6.35. The van der Waals surface area contributed by atoms with Crippen LogP contribution in [0, 0.1) is 18.6 Å². The Kier molecular flexibility index (Phi) is 4.45. The van der Waals surface area contributed by atoms with Crippen LogP contribution in [0.4, 0.5) is 8.78 Å². The van der Waals surface area contributed by atoms with Gasteiger partial charge in [0.2, 0.25) is 0 Å². The Bertz CT molecular complexity index is 626. The van der Waals surface area contributed by atoms with E-state index in [0.29, 0.717) is 13.0 Å². The van der Waals surface area contributed by atoms with Gasteiger partial charge in [0.25, 0.3) is 5.91 Å². The smallest absolute Gasteiger partial charge is 0.254 e. The molecule has 0 heterocycles. The molecule has 104 valence electrons. The van der Waals surface area contributed by atoms with E-state index in [1.807, 2.05) is 31.2 Å². The molecule has 0 spiro atoms. The Morgan fingerprint density at radius 3 is 2.65 bits per heavy atom. The average molecular weight is 275 g/mol. The van der Waals surface area contributed by atoms with Gasteiger partial charge in [-0.05, 0) is 31.0 Å². The van der Waals surface area contributed by atoms with Crippen LogP contribution in [0.25, 0.3) is 0 Å². The minimum Gasteiger partial charge on any atom is -0.352 e. The van der Waals surface area contributed by atoms with Gasteiger partial charge in [-0.3, -0.25) is 4.79 Å². The fourth-order valence-electron chi connectivity index (χ4n) is 1.96. The molecule has 0 saturated carbocycles. The molecule has 4 heteroatoms. The van der Waals surface area contributed by atoms with E-state index in [0.717, 1.165) is 17.2 Å². The summed E-state index contributed by atoms with van der Waals surface area (Å²) in [7, 11) is 0. The van der Waals surface area contributed by atoms with Crippen LogP contribution < -0.4 is 5.32 Å². The van der Waals surface area contributed by atoms with Crippen molar-refractivity contribution in [3.05, 3.63) is 70.8 Å². The fraction of sp³-hybridized carbons (Fsp3) is 0.188. The molecule has 0 saturated heterocycles. The van der Waals surface area contributed by atoms with Crippen molar-refractivity contribution >= 4 is 5.91 Å². The van der Waals surface area contributed by atoms with Crippen molar-refractivity contribution in [2.45, 2.75) is 13.3 Å². The molecule has 0 atom stereocenters. The first-order chi connectivity index (χ1) is 9.58. The Hall–Kier alpha value is -2.23. The van der Waals surface area contributed by atoms with E-state index in [1.54, 1.807) is 0 Å². The molecule has 0 aromatic heterocycles. The van der Waals surface area contributed by atoms with Crippen molar-refractivity contribution in [1.82, 2.24) is 5.32 Å². The number of carbonyl (C=O) groups excluding carboxylic acids is 1. The molecular formula is C16H15F2NO. The van der Waals surface area contributed by atoms with E-state index in [4.69, 9.17) is 0 Å². The number of carbonyl (C=O) groups is 1. The van der Waals surface area contributed by atoms with Gasteiger partial charge in [-0.2, -0.15) is 0 Å². The number of hydrogen-bond acceptors (Lipinski definition) is 1. The summed E-state index contributed by atoms with van der Waals surface area (Å²) in [6.07, 6.45) is 0.643. The highest BCUT2D eigenvalue weighted by atomic mass is 19.2. The monoisotopic (exact) mass is 275 g/mol. The van der Waals surface area contributed by atoms with E-state index < -0.39 is 17.5 Å². The minimum absolute atomic E-state index is 0.269. The molecule has 2 aromatic carbocycles. The van der Waals surface area contributed by atoms with Gasteiger partial charge in [-0.25, -0.2) is 8.78 Å². The molecule has 2 nitrogen and oxygen atoms in total. The number of halogens is 2. The van der Waals surface area contributed by atoms with E-state index in [9.17, 15) is 13.6 Å². The molecule has 2 rings (SSSR count). The summed E-state index contributed by atoms with van der Waals surface area (Å²) >= 11 is 0. The lowest BCUT2D eigenvalue weighted by Crippen LogP contribution is -2.26. The normalized spacial score (nSPS) is 10.3.